The highest BCUT2D eigenvalue weighted by atomic mass is 35.5. The SMILES string of the molecule is CC(C)=Cc1cc(OC2C[C@@H](C(N)=O)N(C(=O)[C@@H](NC(=O)OC3C[C@@H]4C(C)[C@@H]4C3)C(C)(C)C)C2)c2ccc(OCCN3CCOCC3)c(Cl)c2n1. The molecule has 1 aromatic heterocycles. The summed E-state index contributed by atoms with van der Waals surface area (Å²) in [7, 11) is 0. The van der Waals surface area contributed by atoms with Gasteiger partial charge in [0, 0.05) is 37.5 Å². The fourth-order valence-electron chi connectivity index (χ4n) is 7.82. The molecule has 51 heavy (non-hydrogen) atoms. The maximum Gasteiger partial charge on any atom is 0.408 e. The van der Waals surface area contributed by atoms with E-state index in [-0.39, 0.29) is 19.1 Å². The molecular formula is C38H52ClN5O7. The molecule has 0 bridgehead atoms. The number of fused-ring (bicyclic) bond motifs is 2. The van der Waals surface area contributed by atoms with Crippen molar-refractivity contribution in [1.82, 2.24) is 20.1 Å². The molecule has 2 aliphatic carbocycles. The van der Waals surface area contributed by atoms with E-state index in [4.69, 9.17) is 41.3 Å². The maximum atomic E-state index is 14.2. The Hall–Kier alpha value is -3.61. The molecule has 3 N–H and O–H groups in total. The molecule has 13 heteroatoms. The summed E-state index contributed by atoms with van der Waals surface area (Å²) in [5.74, 6) is 1.90. The van der Waals surface area contributed by atoms with Crippen LogP contribution in [-0.2, 0) is 19.1 Å². The number of halogens is 1. The van der Waals surface area contributed by atoms with Crippen molar-refractivity contribution < 1.29 is 33.3 Å². The lowest BCUT2D eigenvalue weighted by atomic mass is 9.85. The number of carbonyl (C=O) groups is 3. The first-order chi connectivity index (χ1) is 24.2. The topological polar surface area (TPSA) is 146 Å². The number of nitrogens with zero attached hydrogens (tertiary/aromatic N) is 3. The molecule has 3 amide bonds. The van der Waals surface area contributed by atoms with E-state index in [0.29, 0.717) is 70.7 Å². The number of nitrogens with two attached hydrogens (primary N) is 1. The average molecular weight is 726 g/mol. The first-order valence-electron chi connectivity index (χ1n) is 18.1. The Labute approximate surface area is 305 Å². The van der Waals surface area contributed by atoms with Gasteiger partial charge in [0.05, 0.1) is 31.0 Å². The molecule has 2 saturated heterocycles. The third kappa shape index (κ3) is 8.55. The Bertz CT molecular complexity index is 1660. The number of amides is 3. The van der Waals surface area contributed by atoms with Crippen LogP contribution in [0.5, 0.6) is 11.5 Å². The van der Waals surface area contributed by atoms with Crippen LogP contribution in [0.15, 0.2) is 23.8 Å². The standard InChI is InChI=1S/C38H52ClN5O7/c1-21(2)15-23-16-31(26-7-8-30(32(39)33(26)41-23)49-14-11-43-9-12-48-13-10-43)50-25-19-29(35(40)45)44(20-25)36(46)34(38(4,5)6)42-37(47)51-24-17-27-22(3)28(27)18-24/h7-8,15-16,22,24-25,27-29,34H,9-14,17-20H2,1-6H3,(H2,40,45)(H,42,47)/t22?,24?,25?,27-,28+,29-,34+/m0/s1. The van der Waals surface area contributed by atoms with Gasteiger partial charge in [0.25, 0.3) is 0 Å². The van der Waals surface area contributed by atoms with Crippen LogP contribution in [0.1, 0.15) is 66.5 Å². The van der Waals surface area contributed by atoms with Crippen molar-refractivity contribution in [2.24, 2.45) is 28.9 Å². The highest BCUT2D eigenvalue weighted by Gasteiger charge is 2.54. The van der Waals surface area contributed by atoms with Gasteiger partial charge in [0.15, 0.2) is 0 Å². The summed E-state index contributed by atoms with van der Waals surface area (Å²) in [5.41, 5.74) is 7.39. The first kappa shape index (κ1) is 37.2. The van der Waals surface area contributed by atoms with Crippen LogP contribution >= 0.6 is 11.6 Å². The number of primary amides is 1. The normalized spacial score (nSPS) is 26.7. The lowest BCUT2D eigenvalue weighted by Gasteiger charge is -2.35. The Balaban J connectivity index is 1.19. The number of likely N-dealkylation sites (tertiary alicyclic amines) is 1. The quantitative estimate of drug-likeness (QED) is 0.325. The van der Waals surface area contributed by atoms with E-state index in [1.807, 2.05) is 58.9 Å². The summed E-state index contributed by atoms with van der Waals surface area (Å²) in [5, 5.41) is 3.87. The van der Waals surface area contributed by atoms with Gasteiger partial charge in [0.2, 0.25) is 11.8 Å². The van der Waals surface area contributed by atoms with Gasteiger partial charge in [-0.1, -0.05) is 44.9 Å². The van der Waals surface area contributed by atoms with Crippen molar-refractivity contribution in [3.63, 3.8) is 0 Å². The van der Waals surface area contributed by atoms with Gasteiger partial charge in [0.1, 0.15) is 47.4 Å². The van der Waals surface area contributed by atoms with Gasteiger partial charge in [-0.05, 0) is 68.1 Å². The van der Waals surface area contributed by atoms with E-state index in [0.717, 1.165) is 38.0 Å². The molecule has 2 aromatic rings. The number of pyridine rings is 1. The summed E-state index contributed by atoms with van der Waals surface area (Å²) < 4.78 is 23.9. The third-order valence-corrected chi connectivity index (χ3v) is 11.1. The number of rotatable bonds is 11. The minimum atomic E-state index is -0.952. The van der Waals surface area contributed by atoms with Crippen LogP contribution in [0, 0.1) is 23.2 Å². The molecule has 4 aliphatic rings. The summed E-state index contributed by atoms with van der Waals surface area (Å²) in [6.07, 6.45) is 2.49. The molecule has 3 heterocycles. The van der Waals surface area contributed by atoms with Gasteiger partial charge in [-0.25, -0.2) is 9.78 Å². The molecule has 0 spiro atoms. The van der Waals surface area contributed by atoms with Gasteiger partial charge < -0.3 is 34.9 Å². The Morgan fingerprint density at radius 2 is 1.80 bits per heavy atom. The predicted molar refractivity (Wildman–Crippen MR) is 195 cm³/mol. The minimum Gasteiger partial charge on any atom is -0.491 e. The van der Waals surface area contributed by atoms with Gasteiger partial charge in [-0.3, -0.25) is 14.5 Å². The lowest BCUT2D eigenvalue weighted by Crippen LogP contribution is -2.57. The Morgan fingerprint density at radius 1 is 1.10 bits per heavy atom. The number of allylic oxidation sites excluding steroid dienone is 1. The number of aromatic nitrogens is 1. The number of hydrogen-bond acceptors (Lipinski definition) is 9. The number of nitrogens with one attached hydrogen (secondary N) is 1. The molecule has 1 aromatic carbocycles. The van der Waals surface area contributed by atoms with Crippen molar-refractivity contribution >= 4 is 46.5 Å². The summed E-state index contributed by atoms with van der Waals surface area (Å²) >= 11 is 6.92. The number of hydrogen-bond donors (Lipinski definition) is 2. The van der Waals surface area contributed by atoms with E-state index >= 15 is 0 Å². The Morgan fingerprint density at radius 3 is 2.45 bits per heavy atom. The smallest absolute Gasteiger partial charge is 0.408 e. The molecule has 0 radical (unpaired) electrons. The van der Waals surface area contributed by atoms with Crippen molar-refractivity contribution in [3.8, 4) is 11.5 Å². The number of alkyl carbamates (subject to hydrolysis) is 1. The molecule has 2 aliphatic heterocycles. The zero-order valence-electron chi connectivity index (χ0n) is 30.6. The summed E-state index contributed by atoms with van der Waals surface area (Å²) in [6.45, 7) is 16.3. The van der Waals surface area contributed by atoms with Gasteiger partial charge in [-0.2, -0.15) is 0 Å². The predicted octanol–water partition coefficient (Wildman–Crippen LogP) is 5.04. The van der Waals surface area contributed by atoms with E-state index in [2.05, 4.69) is 17.1 Å². The average Bonchev–Trinajstić information content (AvgIpc) is 3.38. The fourth-order valence-corrected chi connectivity index (χ4v) is 8.09. The summed E-state index contributed by atoms with van der Waals surface area (Å²) in [6, 6.07) is 3.63. The molecule has 2 saturated carbocycles. The molecule has 278 valence electrons. The second kappa shape index (κ2) is 15.2. The second-order valence-electron chi connectivity index (χ2n) is 15.9. The second-order valence-corrected chi connectivity index (χ2v) is 16.2. The van der Waals surface area contributed by atoms with Crippen molar-refractivity contribution in [3.05, 3.63) is 34.5 Å². The number of ether oxygens (including phenoxy) is 4. The fraction of sp³-hybridized carbons (Fsp3) is 0.632. The zero-order chi connectivity index (χ0) is 36.6. The van der Waals surface area contributed by atoms with Crippen LogP contribution in [-0.4, -0.2) is 103 Å². The van der Waals surface area contributed by atoms with Gasteiger partial charge >= 0.3 is 6.09 Å². The van der Waals surface area contributed by atoms with Crippen molar-refractivity contribution in [2.75, 3.05) is 46.0 Å². The summed E-state index contributed by atoms with van der Waals surface area (Å²) in [4.78, 5) is 48.5. The first-order valence-corrected chi connectivity index (χ1v) is 18.5. The lowest BCUT2D eigenvalue weighted by molar-refractivity contribution is -0.141. The van der Waals surface area contributed by atoms with E-state index in [1.54, 1.807) is 0 Å². The monoisotopic (exact) mass is 725 g/mol. The number of morpholine rings is 1. The molecule has 4 fully saturated rings. The van der Waals surface area contributed by atoms with Crippen LogP contribution in [0.25, 0.3) is 17.0 Å². The van der Waals surface area contributed by atoms with E-state index in [1.165, 1.54) is 4.90 Å². The highest BCUT2D eigenvalue weighted by Crippen LogP contribution is 2.57. The molecule has 3 unspecified atom stereocenters. The Kier molecular flexibility index (Phi) is 11.0. The van der Waals surface area contributed by atoms with Crippen molar-refractivity contribution in [2.45, 2.75) is 85.1 Å². The van der Waals surface area contributed by atoms with Crippen LogP contribution in [0.4, 0.5) is 4.79 Å². The largest absolute Gasteiger partial charge is 0.491 e. The van der Waals surface area contributed by atoms with E-state index < -0.39 is 41.5 Å². The van der Waals surface area contributed by atoms with Crippen LogP contribution < -0.4 is 20.5 Å². The van der Waals surface area contributed by atoms with Crippen LogP contribution in [0.2, 0.25) is 5.02 Å². The van der Waals surface area contributed by atoms with Crippen molar-refractivity contribution in [1.29, 1.82) is 0 Å². The molecule has 7 atom stereocenters. The van der Waals surface area contributed by atoms with Crippen LogP contribution in [0.3, 0.4) is 0 Å². The molecule has 12 nitrogen and oxygen atoms in total. The maximum absolute atomic E-state index is 14.2. The number of benzene rings is 1. The molecular weight excluding hydrogens is 674 g/mol. The number of carbonyl (C=O) groups excluding carboxylic acids is 3. The zero-order valence-corrected chi connectivity index (χ0v) is 31.3. The van der Waals surface area contributed by atoms with E-state index in [9.17, 15) is 14.4 Å². The third-order valence-electron chi connectivity index (χ3n) is 10.7. The minimum absolute atomic E-state index is 0.0951. The molecule has 6 rings (SSSR count). The highest BCUT2D eigenvalue weighted by molar-refractivity contribution is 6.36. The van der Waals surface area contributed by atoms with Gasteiger partial charge in [-0.15, -0.1) is 0 Å².